The van der Waals surface area contributed by atoms with Gasteiger partial charge in [-0.1, -0.05) is 24.3 Å². The number of aromatic nitrogens is 2. The average molecular weight is 353 g/mol. The summed E-state index contributed by atoms with van der Waals surface area (Å²) in [6, 6.07) is 16.6. The van der Waals surface area contributed by atoms with Gasteiger partial charge in [0, 0.05) is 6.07 Å². The quantitative estimate of drug-likeness (QED) is 0.372. The highest BCUT2D eigenvalue weighted by molar-refractivity contribution is 7.14. The molecule has 24 heavy (non-hydrogen) atoms. The molecule has 0 bridgehead atoms. The number of para-hydroxylation sites is 2. The number of rotatable bonds is 4. The van der Waals surface area contributed by atoms with Crippen LogP contribution in [0.3, 0.4) is 0 Å². The minimum absolute atomic E-state index is 0.0381. The number of thiophene rings is 2. The van der Waals surface area contributed by atoms with Crippen molar-refractivity contribution in [3.8, 4) is 26.8 Å². The summed E-state index contributed by atoms with van der Waals surface area (Å²) in [6.45, 7) is 0. The zero-order valence-electron chi connectivity index (χ0n) is 12.3. The normalized spacial score (nSPS) is 10.8. The molecule has 0 amide bonds. The molecule has 3 heterocycles. The van der Waals surface area contributed by atoms with Gasteiger partial charge in [-0.15, -0.1) is 22.7 Å². The predicted octanol–water partition coefficient (Wildman–Crippen LogP) is 5.24. The van der Waals surface area contributed by atoms with E-state index in [0.717, 1.165) is 21.1 Å². The van der Waals surface area contributed by atoms with Crippen LogP contribution in [0.25, 0.3) is 26.8 Å². The van der Waals surface area contributed by atoms with Gasteiger partial charge < -0.3 is 0 Å². The van der Waals surface area contributed by atoms with Gasteiger partial charge >= 0.3 is 0 Å². The molecular formula is C17H11N3O2S2. The lowest BCUT2D eigenvalue weighted by molar-refractivity contribution is -0.384. The Labute approximate surface area is 145 Å². The molecule has 0 aliphatic heterocycles. The number of hydrogen-bond acceptors (Lipinski definition) is 5. The Morgan fingerprint density at radius 1 is 0.958 bits per heavy atom. The van der Waals surface area contributed by atoms with Crippen LogP contribution in [-0.2, 0) is 0 Å². The van der Waals surface area contributed by atoms with Crippen molar-refractivity contribution in [3.05, 3.63) is 75.5 Å². The van der Waals surface area contributed by atoms with Gasteiger partial charge in [-0.2, -0.15) is 5.10 Å². The van der Waals surface area contributed by atoms with Gasteiger partial charge in [-0.25, -0.2) is 4.68 Å². The maximum Gasteiger partial charge on any atom is 0.294 e. The largest absolute Gasteiger partial charge is 0.294 e. The first-order valence-electron chi connectivity index (χ1n) is 7.15. The zero-order valence-corrected chi connectivity index (χ0v) is 14.0. The van der Waals surface area contributed by atoms with E-state index in [1.807, 2.05) is 41.1 Å². The first-order chi connectivity index (χ1) is 11.7. The minimum Gasteiger partial charge on any atom is -0.258 e. The van der Waals surface area contributed by atoms with Crippen molar-refractivity contribution in [1.82, 2.24) is 9.78 Å². The first kappa shape index (κ1) is 14.8. The molecule has 0 unspecified atom stereocenters. The van der Waals surface area contributed by atoms with Crippen LogP contribution >= 0.6 is 22.7 Å². The summed E-state index contributed by atoms with van der Waals surface area (Å²) in [7, 11) is 0. The van der Waals surface area contributed by atoms with Crippen LogP contribution < -0.4 is 0 Å². The summed E-state index contributed by atoms with van der Waals surface area (Å²) in [6.07, 6.45) is 0. The van der Waals surface area contributed by atoms with Crippen molar-refractivity contribution < 1.29 is 4.92 Å². The fourth-order valence-corrected chi connectivity index (χ4v) is 3.92. The lowest BCUT2D eigenvalue weighted by atomic mass is 10.2. The van der Waals surface area contributed by atoms with E-state index in [2.05, 4.69) is 5.10 Å². The Balaban J connectivity index is 1.96. The predicted molar refractivity (Wildman–Crippen MR) is 96.8 cm³/mol. The SMILES string of the molecule is O=[N+]([O-])c1ccccc1-n1nc(-c2cccs2)cc1-c1cccs1. The molecule has 4 rings (SSSR count). The van der Waals surface area contributed by atoms with Crippen molar-refractivity contribution in [3.63, 3.8) is 0 Å². The Hall–Kier alpha value is -2.77. The summed E-state index contributed by atoms with van der Waals surface area (Å²) < 4.78 is 1.67. The molecule has 7 heteroatoms. The molecule has 3 aromatic heterocycles. The van der Waals surface area contributed by atoms with Gasteiger partial charge in [-0.05, 0) is 35.0 Å². The van der Waals surface area contributed by atoms with Crippen LogP contribution in [0.15, 0.2) is 65.4 Å². The molecule has 0 radical (unpaired) electrons. The summed E-state index contributed by atoms with van der Waals surface area (Å²) in [5, 5.41) is 20.0. The Bertz CT molecular complexity index is 989. The number of nitro benzene ring substituents is 1. The van der Waals surface area contributed by atoms with E-state index in [1.165, 1.54) is 6.07 Å². The fraction of sp³-hybridized carbons (Fsp3) is 0. The third-order valence-corrected chi connectivity index (χ3v) is 5.35. The van der Waals surface area contributed by atoms with E-state index in [9.17, 15) is 10.1 Å². The van der Waals surface area contributed by atoms with Gasteiger partial charge in [0.05, 0.1) is 20.4 Å². The van der Waals surface area contributed by atoms with Crippen LogP contribution in [0.5, 0.6) is 0 Å². The Morgan fingerprint density at radius 3 is 2.33 bits per heavy atom. The monoisotopic (exact) mass is 353 g/mol. The Kier molecular flexibility index (Phi) is 3.72. The van der Waals surface area contributed by atoms with Gasteiger partial charge in [0.15, 0.2) is 0 Å². The maximum atomic E-state index is 11.4. The van der Waals surface area contributed by atoms with Gasteiger partial charge in [0.25, 0.3) is 5.69 Å². The summed E-state index contributed by atoms with van der Waals surface area (Å²) >= 11 is 3.18. The molecule has 0 spiro atoms. The highest BCUT2D eigenvalue weighted by Gasteiger charge is 2.20. The molecule has 0 N–H and O–H groups in total. The van der Waals surface area contributed by atoms with Crippen molar-refractivity contribution >= 4 is 28.4 Å². The molecule has 0 saturated heterocycles. The van der Waals surface area contributed by atoms with Crippen LogP contribution in [0, 0.1) is 10.1 Å². The van der Waals surface area contributed by atoms with E-state index in [0.29, 0.717) is 5.69 Å². The summed E-state index contributed by atoms with van der Waals surface area (Å²) in [5.74, 6) is 0. The van der Waals surface area contributed by atoms with E-state index in [-0.39, 0.29) is 10.6 Å². The molecule has 0 aliphatic rings. The third-order valence-electron chi connectivity index (χ3n) is 3.56. The van der Waals surface area contributed by atoms with E-state index in [1.54, 1.807) is 45.6 Å². The van der Waals surface area contributed by atoms with Crippen molar-refractivity contribution in [1.29, 1.82) is 0 Å². The van der Waals surface area contributed by atoms with Gasteiger partial charge in [-0.3, -0.25) is 10.1 Å². The van der Waals surface area contributed by atoms with E-state index < -0.39 is 0 Å². The standard InChI is InChI=1S/C17H11N3O2S2/c21-20(22)14-6-2-1-5-13(14)19-15(17-8-4-10-24-17)11-12(18-19)16-7-3-9-23-16/h1-11H. The molecule has 5 nitrogen and oxygen atoms in total. The second-order valence-corrected chi connectivity index (χ2v) is 6.92. The molecule has 1 aromatic carbocycles. The van der Waals surface area contributed by atoms with Crippen LogP contribution in [-0.4, -0.2) is 14.7 Å². The first-order valence-corrected chi connectivity index (χ1v) is 8.91. The molecule has 0 fully saturated rings. The van der Waals surface area contributed by atoms with E-state index in [4.69, 9.17) is 0 Å². The second-order valence-electron chi connectivity index (χ2n) is 5.03. The topological polar surface area (TPSA) is 61.0 Å². The number of nitro groups is 1. The highest BCUT2D eigenvalue weighted by Crippen LogP contribution is 2.35. The second kappa shape index (κ2) is 6.03. The fourth-order valence-electron chi connectivity index (χ4n) is 2.51. The number of nitrogens with zero attached hydrogens (tertiary/aromatic N) is 3. The molecule has 4 aromatic rings. The molecule has 0 saturated carbocycles. The van der Waals surface area contributed by atoms with Crippen molar-refractivity contribution in [2.75, 3.05) is 0 Å². The lowest BCUT2D eigenvalue weighted by Gasteiger charge is -2.06. The van der Waals surface area contributed by atoms with Crippen LogP contribution in [0.4, 0.5) is 5.69 Å². The summed E-state index contributed by atoms with van der Waals surface area (Å²) in [4.78, 5) is 13.1. The Morgan fingerprint density at radius 2 is 1.67 bits per heavy atom. The van der Waals surface area contributed by atoms with Gasteiger partial charge in [0.1, 0.15) is 11.4 Å². The minimum atomic E-state index is -0.375. The van der Waals surface area contributed by atoms with Crippen LogP contribution in [0.2, 0.25) is 0 Å². The van der Waals surface area contributed by atoms with Crippen molar-refractivity contribution in [2.45, 2.75) is 0 Å². The average Bonchev–Trinajstić information content (AvgIpc) is 3.33. The molecule has 0 aliphatic carbocycles. The van der Waals surface area contributed by atoms with Crippen molar-refractivity contribution in [2.24, 2.45) is 0 Å². The van der Waals surface area contributed by atoms with Crippen LogP contribution in [0.1, 0.15) is 0 Å². The number of benzene rings is 1. The lowest BCUT2D eigenvalue weighted by Crippen LogP contribution is -2.03. The zero-order chi connectivity index (χ0) is 16.5. The molecule has 118 valence electrons. The molecule has 0 atom stereocenters. The van der Waals surface area contributed by atoms with Gasteiger partial charge in [0.2, 0.25) is 0 Å². The summed E-state index contributed by atoms with van der Waals surface area (Å²) in [5.41, 5.74) is 2.17. The highest BCUT2D eigenvalue weighted by atomic mass is 32.1. The molecular weight excluding hydrogens is 342 g/mol. The third kappa shape index (κ3) is 2.53. The number of hydrogen-bond donors (Lipinski definition) is 0. The maximum absolute atomic E-state index is 11.4. The smallest absolute Gasteiger partial charge is 0.258 e. The van der Waals surface area contributed by atoms with E-state index >= 15 is 0 Å².